The van der Waals surface area contributed by atoms with Gasteiger partial charge >= 0.3 is 0 Å². The standard InChI is InChI=1S/C7H9FN2O2S/c1-4(12-2)6(11)10-7-9-3-5(8)13-7/h3-4H,1-2H3,(H,9,10,11). The molecule has 13 heavy (non-hydrogen) atoms. The molecule has 1 rings (SSSR count). The van der Waals surface area contributed by atoms with Crippen molar-refractivity contribution in [3.05, 3.63) is 11.3 Å². The Morgan fingerprint density at radius 2 is 2.54 bits per heavy atom. The van der Waals surface area contributed by atoms with Crippen LogP contribution in [-0.4, -0.2) is 24.1 Å². The molecule has 0 aromatic carbocycles. The summed E-state index contributed by atoms with van der Waals surface area (Å²) in [4.78, 5) is 14.8. The summed E-state index contributed by atoms with van der Waals surface area (Å²) in [6.45, 7) is 1.60. The second-order valence-corrected chi connectivity index (χ2v) is 3.32. The number of rotatable bonds is 3. The van der Waals surface area contributed by atoms with Gasteiger partial charge in [0.2, 0.25) is 0 Å². The lowest BCUT2D eigenvalue weighted by molar-refractivity contribution is -0.124. The third kappa shape index (κ3) is 2.74. The summed E-state index contributed by atoms with van der Waals surface area (Å²) in [6, 6.07) is 0. The first-order chi connectivity index (χ1) is 6.13. The zero-order valence-electron chi connectivity index (χ0n) is 7.20. The van der Waals surface area contributed by atoms with E-state index in [1.807, 2.05) is 0 Å². The maximum Gasteiger partial charge on any atom is 0.254 e. The summed E-state index contributed by atoms with van der Waals surface area (Å²) < 4.78 is 17.2. The molecule has 0 bridgehead atoms. The Hall–Kier alpha value is -1.01. The highest BCUT2D eigenvalue weighted by atomic mass is 32.1. The van der Waals surface area contributed by atoms with E-state index in [0.29, 0.717) is 0 Å². The highest BCUT2D eigenvalue weighted by Gasteiger charge is 2.13. The summed E-state index contributed by atoms with van der Waals surface area (Å²) >= 11 is 0.779. The third-order valence-electron chi connectivity index (χ3n) is 1.43. The normalized spacial score (nSPS) is 12.5. The van der Waals surface area contributed by atoms with E-state index < -0.39 is 11.2 Å². The van der Waals surface area contributed by atoms with Gasteiger partial charge in [0.1, 0.15) is 6.10 Å². The molecule has 0 fully saturated rings. The van der Waals surface area contributed by atoms with Gasteiger partial charge in [0.05, 0.1) is 6.20 Å². The largest absolute Gasteiger partial charge is 0.372 e. The van der Waals surface area contributed by atoms with Crippen LogP contribution >= 0.6 is 11.3 Å². The second kappa shape index (κ2) is 4.29. The average molecular weight is 204 g/mol. The Labute approximate surface area is 78.7 Å². The highest BCUT2D eigenvalue weighted by Crippen LogP contribution is 2.15. The third-order valence-corrected chi connectivity index (χ3v) is 2.13. The van der Waals surface area contributed by atoms with Crippen molar-refractivity contribution < 1.29 is 13.9 Å². The molecule has 6 heteroatoms. The molecule has 0 aliphatic rings. The Balaban J connectivity index is 2.54. The van der Waals surface area contributed by atoms with Crippen LogP contribution in [0, 0.1) is 5.13 Å². The number of aromatic nitrogens is 1. The van der Waals surface area contributed by atoms with Crippen LogP contribution in [0.5, 0.6) is 0 Å². The van der Waals surface area contributed by atoms with Crippen molar-refractivity contribution in [3.63, 3.8) is 0 Å². The van der Waals surface area contributed by atoms with Gasteiger partial charge in [-0.25, -0.2) is 4.98 Å². The van der Waals surface area contributed by atoms with Crippen LogP contribution in [0.25, 0.3) is 0 Å². The van der Waals surface area contributed by atoms with Gasteiger partial charge in [0, 0.05) is 7.11 Å². The van der Waals surface area contributed by atoms with Crippen LogP contribution in [-0.2, 0) is 9.53 Å². The van der Waals surface area contributed by atoms with Crippen LogP contribution in [0.1, 0.15) is 6.92 Å². The first kappa shape index (κ1) is 10.1. The Kier molecular flexibility index (Phi) is 3.32. The molecule has 72 valence electrons. The second-order valence-electron chi connectivity index (χ2n) is 2.34. The molecular weight excluding hydrogens is 195 g/mol. The fourth-order valence-corrected chi connectivity index (χ4v) is 1.17. The van der Waals surface area contributed by atoms with Gasteiger partial charge in [0.25, 0.3) is 5.91 Å². The van der Waals surface area contributed by atoms with Crippen LogP contribution < -0.4 is 5.32 Å². The number of anilines is 1. The van der Waals surface area contributed by atoms with Crippen LogP contribution in [0.15, 0.2) is 6.20 Å². The van der Waals surface area contributed by atoms with Crippen molar-refractivity contribution in [1.82, 2.24) is 4.98 Å². The summed E-state index contributed by atoms with van der Waals surface area (Å²) in [5.74, 6) is -0.336. The van der Waals surface area contributed by atoms with Crippen molar-refractivity contribution in [2.45, 2.75) is 13.0 Å². The average Bonchev–Trinajstić information content (AvgIpc) is 2.49. The number of carbonyl (C=O) groups is 1. The van der Waals surface area contributed by atoms with Crippen molar-refractivity contribution in [2.75, 3.05) is 12.4 Å². The number of amides is 1. The smallest absolute Gasteiger partial charge is 0.254 e. The number of nitrogens with zero attached hydrogens (tertiary/aromatic N) is 1. The van der Waals surface area contributed by atoms with Gasteiger partial charge in [-0.3, -0.25) is 10.1 Å². The van der Waals surface area contributed by atoms with E-state index in [4.69, 9.17) is 4.74 Å². The minimum atomic E-state index is -0.563. The Bertz CT molecular complexity index is 302. The maximum atomic E-state index is 12.4. The molecule has 1 amide bonds. The first-order valence-electron chi connectivity index (χ1n) is 3.58. The predicted octanol–water partition coefficient (Wildman–Crippen LogP) is 1.26. The fourth-order valence-electron chi connectivity index (χ4n) is 0.626. The van der Waals surface area contributed by atoms with Gasteiger partial charge < -0.3 is 4.74 Å². The van der Waals surface area contributed by atoms with Gasteiger partial charge in [-0.1, -0.05) is 11.3 Å². The molecule has 0 saturated heterocycles. The lowest BCUT2D eigenvalue weighted by Gasteiger charge is -2.07. The molecule has 0 aliphatic heterocycles. The fraction of sp³-hybridized carbons (Fsp3) is 0.429. The topological polar surface area (TPSA) is 51.2 Å². The van der Waals surface area contributed by atoms with Gasteiger partial charge in [-0.15, -0.1) is 0 Å². The van der Waals surface area contributed by atoms with E-state index in [0.717, 1.165) is 17.5 Å². The van der Waals surface area contributed by atoms with Crippen molar-refractivity contribution >= 4 is 22.4 Å². The van der Waals surface area contributed by atoms with E-state index in [-0.39, 0.29) is 11.0 Å². The number of halogens is 1. The molecule has 0 aliphatic carbocycles. The Morgan fingerprint density at radius 3 is 3.00 bits per heavy atom. The van der Waals surface area contributed by atoms with Gasteiger partial charge in [-0.05, 0) is 6.92 Å². The number of methoxy groups -OCH3 is 1. The van der Waals surface area contributed by atoms with E-state index in [1.165, 1.54) is 7.11 Å². The number of ether oxygens (including phenoxy) is 1. The van der Waals surface area contributed by atoms with Gasteiger partial charge in [0.15, 0.2) is 10.3 Å². The summed E-state index contributed by atoms with van der Waals surface area (Å²) in [6.07, 6.45) is 0.490. The van der Waals surface area contributed by atoms with Crippen LogP contribution in [0.3, 0.4) is 0 Å². The molecule has 1 N–H and O–H groups in total. The SMILES string of the molecule is COC(C)C(=O)Nc1ncc(F)s1. The maximum absolute atomic E-state index is 12.4. The summed E-state index contributed by atoms with van der Waals surface area (Å²) in [5, 5.41) is 2.23. The van der Waals surface area contributed by atoms with E-state index in [2.05, 4.69) is 10.3 Å². The zero-order valence-corrected chi connectivity index (χ0v) is 8.02. The van der Waals surface area contributed by atoms with E-state index >= 15 is 0 Å². The molecule has 1 unspecified atom stereocenters. The molecule has 1 atom stereocenters. The minimum absolute atomic E-state index is 0.242. The Morgan fingerprint density at radius 1 is 1.85 bits per heavy atom. The molecule has 0 spiro atoms. The molecular formula is C7H9FN2O2S. The van der Waals surface area contributed by atoms with Crippen molar-refractivity contribution in [2.24, 2.45) is 0 Å². The molecule has 0 radical (unpaired) electrons. The summed E-state index contributed by atoms with van der Waals surface area (Å²) in [7, 11) is 1.42. The van der Waals surface area contributed by atoms with E-state index in [9.17, 15) is 9.18 Å². The first-order valence-corrected chi connectivity index (χ1v) is 4.40. The lowest BCUT2D eigenvalue weighted by Crippen LogP contribution is -2.26. The zero-order chi connectivity index (χ0) is 9.84. The number of thiazole rings is 1. The predicted molar refractivity (Wildman–Crippen MR) is 47.2 cm³/mol. The minimum Gasteiger partial charge on any atom is -0.372 e. The molecule has 1 aromatic rings. The van der Waals surface area contributed by atoms with Crippen LogP contribution in [0.4, 0.5) is 9.52 Å². The quantitative estimate of drug-likeness (QED) is 0.806. The van der Waals surface area contributed by atoms with E-state index in [1.54, 1.807) is 6.92 Å². The lowest BCUT2D eigenvalue weighted by atomic mass is 10.4. The monoisotopic (exact) mass is 204 g/mol. The molecule has 4 nitrogen and oxygen atoms in total. The van der Waals surface area contributed by atoms with Crippen molar-refractivity contribution in [3.8, 4) is 0 Å². The van der Waals surface area contributed by atoms with Crippen LogP contribution in [0.2, 0.25) is 0 Å². The number of carbonyl (C=O) groups excluding carboxylic acids is 1. The summed E-state index contributed by atoms with van der Waals surface area (Å²) in [5.41, 5.74) is 0. The number of hydrogen-bond donors (Lipinski definition) is 1. The molecule has 1 aromatic heterocycles. The molecule has 1 heterocycles. The highest BCUT2D eigenvalue weighted by molar-refractivity contribution is 7.14. The number of hydrogen-bond acceptors (Lipinski definition) is 4. The van der Waals surface area contributed by atoms with Crippen molar-refractivity contribution in [1.29, 1.82) is 0 Å². The number of nitrogens with one attached hydrogen (secondary N) is 1. The molecule has 0 saturated carbocycles. The van der Waals surface area contributed by atoms with Gasteiger partial charge in [-0.2, -0.15) is 4.39 Å².